The second-order valence-corrected chi connectivity index (χ2v) is 6.73. The fourth-order valence-electron chi connectivity index (χ4n) is 3.54. The monoisotopic (exact) mass is 359 g/mol. The minimum absolute atomic E-state index is 0.00752. The Labute approximate surface area is 152 Å². The molecule has 2 aromatic rings. The molecule has 1 saturated heterocycles. The van der Waals surface area contributed by atoms with Crippen LogP contribution in [0.4, 0.5) is 0 Å². The van der Waals surface area contributed by atoms with Gasteiger partial charge in [0.15, 0.2) is 5.82 Å². The van der Waals surface area contributed by atoms with Gasteiger partial charge in [0.1, 0.15) is 5.76 Å². The zero-order valence-electron chi connectivity index (χ0n) is 15.7. The number of ether oxygens (including phenoxy) is 1. The molecule has 1 aliphatic heterocycles. The molecule has 1 amide bonds. The molecule has 0 unspecified atom stereocenters. The van der Waals surface area contributed by atoms with E-state index in [1.165, 1.54) is 0 Å². The Morgan fingerprint density at radius 1 is 1.23 bits per heavy atom. The predicted octanol–water partition coefficient (Wildman–Crippen LogP) is 2.81. The summed E-state index contributed by atoms with van der Waals surface area (Å²) in [5.74, 6) is 1.13. The summed E-state index contributed by atoms with van der Waals surface area (Å²) in [4.78, 5) is 26.7. The number of hydrogen-bond acceptors (Lipinski definition) is 5. The number of esters is 1. The van der Waals surface area contributed by atoms with Crippen molar-refractivity contribution in [2.75, 3.05) is 19.7 Å². The molecular weight excluding hydrogens is 334 g/mol. The summed E-state index contributed by atoms with van der Waals surface area (Å²) in [6.45, 7) is 9.03. The van der Waals surface area contributed by atoms with Crippen molar-refractivity contribution in [1.82, 2.24) is 14.6 Å². The lowest BCUT2D eigenvalue weighted by Crippen LogP contribution is -2.40. The first-order valence-electron chi connectivity index (χ1n) is 9.01. The highest BCUT2D eigenvalue weighted by Gasteiger charge is 2.30. The molecule has 7 heteroatoms. The van der Waals surface area contributed by atoms with Gasteiger partial charge in [0.2, 0.25) is 0 Å². The maximum Gasteiger partial charge on any atom is 0.309 e. The van der Waals surface area contributed by atoms with Gasteiger partial charge in [-0.1, -0.05) is 5.16 Å². The van der Waals surface area contributed by atoms with Crippen LogP contribution >= 0.6 is 0 Å². The van der Waals surface area contributed by atoms with Crippen molar-refractivity contribution in [3.05, 3.63) is 34.8 Å². The molecule has 0 spiro atoms. The van der Waals surface area contributed by atoms with Crippen LogP contribution < -0.4 is 0 Å². The minimum atomic E-state index is -0.154. The largest absolute Gasteiger partial charge is 0.466 e. The summed E-state index contributed by atoms with van der Waals surface area (Å²) in [6, 6.07) is 3.73. The highest BCUT2D eigenvalue weighted by Crippen LogP contribution is 2.25. The van der Waals surface area contributed by atoms with Crippen LogP contribution in [0.15, 0.2) is 16.7 Å². The van der Waals surface area contributed by atoms with Gasteiger partial charge in [-0.15, -0.1) is 0 Å². The van der Waals surface area contributed by atoms with Crippen LogP contribution in [0, 0.1) is 26.7 Å². The number of aromatic nitrogens is 2. The summed E-state index contributed by atoms with van der Waals surface area (Å²) in [6.07, 6.45) is 1.29. The normalized spacial score (nSPS) is 15.3. The van der Waals surface area contributed by atoms with E-state index in [4.69, 9.17) is 9.26 Å². The van der Waals surface area contributed by atoms with Gasteiger partial charge in [0, 0.05) is 30.5 Å². The maximum atomic E-state index is 13.0. The smallest absolute Gasteiger partial charge is 0.309 e. The van der Waals surface area contributed by atoms with E-state index in [1.807, 2.05) is 49.3 Å². The average Bonchev–Trinajstić information content (AvgIpc) is 3.17. The van der Waals surface area contributed by atoms with E-state index in [9.17, 15) is 9.59 Å². The molecule has 26 heavy (non-hydrogen) atoms. The van der Waals surface area contributed by atoms with Crippen LogP contribution in [-0.4, -0.2) is 46.2 Å². The van der Waals surface area contributed by atoms with Gasteiger partial charge in [-0.2, -0.15) is 0 Å². The quantitative estimate of drug-likeness (QED) is 0.785. The zero-order chi connectivity index (χ0) is 18.8. The summed E-state index contributed by atoms with van der Waals surface area (Å²) in [7, 11) is 0. The molecule has 140 valence electrons. The number of nitrogens with zero attached hydrogens (tertiary/aromatic N) is 3. The van der Waals surface area contributed by atoms with E-state index >= 15 is 0 Å². The highest BCUT2D eigenvalue weighted by molar-refractivity contribution is 5.96. The Bertz CT molecular complexity index is 813. The Balaban J connectivity index is 1.74. The standard InChI is InChI=1S/C19H25N3O4/c1-5-25-19(24)15-6-8-21(9-7-15)18(23)16-10-12(2)22(14(16)4)17-11-13(3)26-20-17/h10-11,15H,5-9H2,1-4H3. The number of amides is 1. The highest BCUT2D eigenvalue weighted by atomic mass is 16.5. The lowest BCUT2D eigenvalue weighted by molar-refractivity contribution is -0.149. The Hall–Kier alpha value is -2.57. The summed E-state index contributed by atoms with van der Waals surface area (Å²) in [5.41, 5.74) is 2.44. The first-order valence-corrected chi connectivity index (χ1v) is 9.01. The molecule has 0 aliphatic carbocycles. The van der Waals surface area contributed by atoms with Crippen molar-refractivity contribution >= 4 is 11.9 Å². The van der Waals surface area contributed by atoms with Crippen LogP contribution in [0.2, 0.25) is 0 Å². The number of aryl methyl sites for hydroxylation is 2. The van der Waals surface area contributed by atoms with E-state index in [0.717, 1.165) is 17.1 Å². The summed E-state index contributed by atoms with van der Waals surface area (Å²) < 4.78 is 12.2. The molecule has 2 aromatic heterocycles. The van der Waals surface area contributed by atoms with Crippen molar-refractivity contribution in [2.45, 2.75) is 40.5 Å². The average molecular weight is 359 g/mol. The molecule has 1 aliphatic rings. The van der Waals surface area contributed by atoms with Crippen molar-refractivity contribution in [2.24, 2.45) is 5.92 Å². The zero-order valence-corrected chi connectivity index (χ0v) is 15.7. The molecule has 0 aromatic carbocycles. The molecule has 0 atom stereocenters. The second kappa shape index (κ2) is 7.35. The minimum Gasteiger partial charge on any atom is -0.466 e. The SMILES string of the molecule is CCOC(=O)C1CCN(C(=O)c2cc(C)n(-c3cc(C)on3)c2C)CC1. The van der Waals surface area contributed by atoms with E-state index in [2.05, 4.69) is 5.16 Å². The molecule has 3 heterocycles. The van der Waals surface area contributed by atoms with E-state index < -0.39 is 0 Å². The van der Waals surface area contributed by atoms with Gasteiger partial charge in [-0.05, 0) is 46.6 Å². The number of carbonyl (C=O) groups excluding carboxylic acids is 2. The van der Waals surface area contributed by atoms with Crippen LogP contribution in [0.25, 0.3) is 5.82 Å². The van der Waals surface area contributed by atoms with Gasteiger partial charge in [-0.25, -0.2) is 0 Å². The fraction of sp³-hybridized carbons (Fsp3) is 0.526. The summed E-state index contributed by atoms with van der Waals surface area (Å²) in [5, 5.41) is 4.05. The van der Waals surface area contributed by atoms with Crippen molar-refractivity contribution in [1.29, 1.82) is 0 Å². The lowest BCUT2D eigenvalue weighted by Gasteiger charge is -2.31. The topological polar surface area (TPSA) is 77.6 Å². The van der Waals surface area contributed by atoms with Gasteiger partial charge in [-0.3, -0.25) is 14.2 Å². The van der Waals surface area contributed by atoms with E-state index in [-0.39, 0.29) is 17.8 Å². The third-order valence-corrected chi connectivity index (χ3v) is 4.91. The van der Waals surface area contributed by atoms with E-state index in [0.29, 0.717) is 43.9 Å². The molecule has 0 N–H and O–H groups in total. The fourth-order valence-corrected chi connectivity index (χ4v) is 3.54. The van der Waals surface area contributed by atoms with Gasteiger partial charge in [0.05, 0.1) is 18.1 Å². The number of hydrogen-bond donors (Lipinski definition) is 0. The van der Waals surface area contributed by atoms with Crippen molar-refractivity contribution in [3.8, 4) is 5.82 Å². The number of piperidine rings is 1. The van der Waals surface area contributed by atoms with Crippen LogP contribution in [0.5, 0.6) is 0 Å². The van der Waals surface area contributed by atoms with Crippen LogP contribution in [0.3, 0.4) is 0 Å². The molecule has 0 radical (unpaired) electrons. The van der Waals surface area contributed by atoms with E-state index in [1.54, 1.807) is 0 Å². The molecular formula is C19H25N3O4. The van der Waals surface area contributed by atoms with Gasteiger partial charge < -0.3 is 14.2 Å². The molecule has 0 bridgehead atoms. The first kappa shape index (κ1) is 18.2. The Morgan fingerprint density at radius 2 is 1.92 bits per heavy atom. The number of rotatable bonds is 4. The first-order chi connectivity index (χ1) is 12.4. The summed E-state index contributed by atoms with van der Waals surface area (Å²) >= 11 is 0. The maximum absolute atomic E-state index is 13.0. The van der Waals surface area contributed by atoms with Crippen molar-refractivity contribution in [3.63, 3.8) is 0 Å². The third-order valence-electron chi connectivity index (χ3n) is 4.91. The van der Waals surface area contributed by atoms with Gasteiger partial charge in [0.25, 0.3) is 5.91 Å². The molecule has 3 rings (SSSR count). The van der Waals surface area contributed by atoms with Crippen LogP contribution in [-0.2, 0) is 9.53 Å². The second-order valence-electron chi connectivity index (χ2n) is 6.73. The predicted molar refractivity (Wildman–Crippen MR) is 95.3 cm³/mol. The van der Waals surface area contributed by atoms with Crippen molar-refractivity contribution < 1.29 is 18.8 Å². The van der Waals surface area contributed by atoms with Gasteiger partial charge >= 0.3 is 5.97 Å². The third kappa shape index (κ3) is 3.38. The molecule has 1 fully saturated rings. The number of carbonyl (C=O) groups is 2. The van der Waals surface area contributed by atoms with Crippen LogP contribution in [0.1, 0.15) is 47.3 Å². The number of likely N-dealkylation sites (tertiary alicyclic amines) is 1. The molecule has 7 nitrogen and oxygen atoms in total. The Kier molecular flexibility index (Phi) is 5.15. The lowest BCUT2D eigenvalue weighted by atomic mass is 9.96. The Morgan fingerprint density at radius 3 is 2.50 bits per heavy atom. The molecule has 0 saturated carbocycles.